The number of carbonyl (C=O) groups is 5. The summed E-state index contributed by atoms with van der Waals surface area (Å²) in [6, 6.07) is 3.60. The summed E-state index contributed by atoms with van der Waals surface area (Å²) >= 11 is 0. The number of nitrogens with one attached hydrogen (secondary N) is 2. The molecule has 13 heteroatoms. The molecule has 0 spiro atoms. The molecule has 1 fully saturated rings. The number of amides is 3. The van der Waals surface area contributed by atoms with Crippen LogP contribution in [0.2, 0.25) is 0 Å². The summed E-state index contributed by atoms with van der Waals surface area (Å²) < 4.78 is 43.4. The monoisotopic (exact) mass is 528 g/mol. The van der Waals surface area contributed by atoms with E-state index in [2.05, 4.69) is 10.6 Å². The first-order valence-electron chi connectivity index (χ1n) is 11.8. The number of likely N-dealkylation sites (tertiary alicyclic amines) is 1. The van der Waals surface area contributed by atoms with Crippen molar-refractivity contribution in [1.82, 2.24) is 15.5 Å². The van der Waals surface area contributed by atoms with Gasteiger partial charge < -0.3 is 26.0 Å². The van der Waals surface area contributed by atoms with Gasteiger partial charge in [0.2, 0.25) is 17.7 Å². The maximum absolute atomic E-state index is 12.9. The largest absolute Gasteiger partial charge is 0.461 e. The molecule has 0 saturated carbocycles. The fourth-order valence-corrected chi connectivity index (χ4v) is 3.82. The number of ether oxygens (including phenoxy) is 1. The summed E-state index contributed by atoms with van der Waals surface area (Å²) in [7, 11) is 0. The maximum Gasteiger partial charge on any atom is 0.452 e. The molecule has 1 aliphatic rings. The summed E-state index contributed by atoms with van der Waals surface area (Å²) in [5, 5.41) is 4.47. The number of rotatable bonds is 11. The smallest absolute Gasteiger partial charge is 0.452 e. The maximum atomic E-state index is 12.9. The molecular weight excluding hydrogens is 497 g/mol. The van der Waals surface area contributed by atoms with Crippen molar-refractivity contribution in [3.8, 4) is 0 Å². The van der Waals surface area contributed by atoms with Crippen LogP contribution in [0.25, 0.3) is 0 Å². The highest BCUT2D eigenvalue weighted by Gasteiger charge is 2.45. The lowest BCUT2D eigenvalue weighted by atomic mass is 10.1. The Kier molecular flexibility index (Phi) is 10.6. The zero-order valence-corrected chi connectivity index (χ0v) is 20.5. The Hall–Kier alpha value is -3.48. The Balaban J connectivity index is 1.89. The number of nitrogens with two attached hydrogens (primary N) is 1. The van der Waals surface area contributed by atoms with E-state index in [1.54, 1.807) is 24.3 Å². The minimum atomic E-state index is -5.11. The average Bonchev–Trinajstić information content (AvgIpc) is 3.35. The molecule has 3 amide bonds. The molecule has 1 aromatic carbocycles. The number of alkyl halides is 3. The van der Waals surface area contributed by atoms with Gasteiger partial charge >= 0.3 is 12.1 Å². The van der Waals surface area contributed by atoms with Gasteiger partial charge in [-0.3, -0.25) is 24.0 Å². The number of esters is 1. The van der Waals surface area contributed by atoms with Gasteiger partial charge in [0.1, 0.15) is 18.7 Å². The van der Waals surface area contributed by atoms with Crippen LogP contribution in [0.15, 0.2) is 30.3 Å². The van der Waals surface area contributed by atoms with Gasteiger partial charge in [0.15, 0.2) is 0 Å². The van der Waals surface area contributed by atoms with E-state index >= 15 is 0 Å². The van der Waals surface area contributed by atoms with Crippen molar-refractivity contribution in [3.63, 3.8) is 0 Å². The molecule has 2 rings (SSSR count). The van der Waals surface area contributed by atoms with Crippen LogP contribution in [0, 0.1) is 0 Å². The number of hydrogen-bond donors (Lipinski definition) is 3. The lowest BCUT2D eigenvalue weighted by Gasteiger charge is -2.28. The van der Waals surface area contributed by atoms with Crippen LogP contribution < -0.4 is 16.4 Å². The third-order valence-electron chi connectivity index (χ3n) is 5.85. The van der Waals surface area contributed by atoms with Crippen LogP contribution in [0.1, 0.15) is 45.1 Å². The van der Waals surface area contributed by atoms with Crippen LogP contribution in [-0.4, -0.2) is 71.3 Å². The van der Waals surface area contributed by atoms with Crippen molar-refractivity contribution in [2.75, 3.05) is 6.54 Å². The number of hydrogen-bond acceptors (Lipinski definition) is 7. The summed E-state index contributed by atoms with van der Waals surface area (Å²) in [6.07, 6.45) is -5.23. The first-order valence-corrected chi connectivity index (χ1v) is 11.8. The second-order valence-corrected chi connectivity index (χ2v) is 8.71. The number of halogens is 3. The highest BCUT2D eigenvalue weighted by atomic mass is 19.4. The van der Waals surface area contributed by atoms with Gasteiger partial charge in [-0.05, 0) is 31.7 Å². The van der Waals surface area contributed by atoms with Crippen LogP contribution in [-0.2, 0) is 35.3 Å². The second kappa shape index (κ2) is 13.2. The van der Waals surface area contributed by atoms with E-state index in [1.165, 1.54) is 13.8 Å². The Labute approximate surface area is 212 Å². The van der Waals surface area contributed by atoms with Gasteiger partial charge in [-0.25, -0.2) is 0 Å². The molecule has 0 aromatic heterocycles. The van der Waals surface area contributed by atoms with E-state index in [4.69, 9.17) is 10.5 Å². The van der Waals surface area contributed by atoms with Crippen LogP contribution in [0.4, 0.5) is 13.2 Å². The average molecular weight is 529 g/mol. The molecule has 37 heavy (non-hydrogen) atoms. The molecule has 1 aromatic rings. The highest BCUT2D eigenvalue weighted by molar-refractivity contribution is 5.96. The fourth-order valence-electron chi connectivity index (χ4n) is 3.82. The SMILES string of the molecule is CCC(NC(=O)[C@@H]1CCCN1C(=O)[C@H](C)NC(=O)[C@@H](N)CC(=O)OCc1ccccc1)C(=O)C(F)(F)F. The standard InChI is InChI=1S/C24H31F3N4O6/c1-3-17(20(33)24(25,26)27)30-22(35)18-10-7-11-31(18)23(36)14(2)29-21(34)16(28)12-19(32)37-13-15-8-5-4-6-9-15/h4-6,8-9,14,16-18H,3,7,10-13,28H2,1-2H3,(H,29,34)(H,30,35)/t14-,16-,17?,18-/m0/s1. The number of ketones is 1. The molecule has 0 radical (unpaired) electrons. The first kappa shape index (κ1) is 29.7. The molecule has 1 unspecified atom stereocenters. The molecule has 10 nitrogen and oxygen atoms in total. The lowest BCUT2D eigenvalue weighted by Crippen LogP contribution is -2.56. The van der Waals surface area contributed by atoms with Gasteiger partial charge in [-0.2, -0.15) is 13.2 Å². The van der Waals surface area contributed by atoms with E-state index in [1.807, 2.05) is 6.07 Å². The minimum Gasteiger partial charge on any atom is -0.461 e. The van der Waals surface area contributed by atoms with Gasteiger partial charge in [0.05, 0.1) is 18.5 Å². The molecule has 204 valence electrons. The van der Waals surface area contributed by atoms with Crippen LogP contribution in [0.3, 0.4) is 0 Å². The third-order valence-corrected chi connectivity index (χ3v) is 5.85. The van der Waals surface area contributed by atoms with Gasteiger partial charge in [-0.1, -0.05) is 37.3 Å². The van der Waals surface area contributed by atoms with E-state index in [0.29, 0.717) is 6.42 Å². The molecule has 4 N–H and O–H groups in total. The van der Waals surface area contributed by atoms with Crippen molar-refractivity contribution >= 4 is 29.5 Å². The third kappa shape index (κ3) is 8.55. The zero-order chi connectivity index (χ0) is 27.8. The Morgan fingerprint density at radius 1 is 1.14 bits per heavy atom. The summed E-state index contributed by atoms with van der Waals surface area (Å²) in [5.74, 6) is -5.11. The zero-order valence-electron chi connectivity index (χ0n) is 20.5. The number of carbonyl (C=O) groups excluding carboxylic acids is 5. The molecule has 1 saturated heterocycles. The molecular formula is C24H31F3N4O6. The molecule has 1 aliphatic heterocycles. The predicted octanol–water partition coefficient (Wildman–Crippen LogP) is 0.969. The predicted molar refractivity (Wildman–Crippen MR) is 124 cm³/mol. The van der Waals surface area contributed by atoms with Crippen molar-refractivity contribution in [1.29, 1.82) is 0 Å². The van der Waals surface area contributed by atoms with Crippen molar-refractivity contribution in [2.24, 2.45) is 5.73 Å². The van der Waals surface area contributed by atoms with Crippen molar-refractivity contribution in [3.05, 3.63) is 35.9 Å². The van der Waals surface area contributed by atoms with Crippen molar-refractivity contribution in [2.45, 2.75) is 76.5 Å². The van der Waals surface area contributed by atoms with Crippen LogP contribution >= 0.6 is 0 Å². The highest BCUT2D eigenvalue weighted by Crippen LogP contribution is 2.22. The minimum absolute atomic E-state index is 0.00870. The Morgan fingerprint density at radius 2 is 1.78 bits per heavy atom. The Bertz CT molecular complexity index is 988. The van der Waals surface area contributed by atoms with Gasteiger partial charge in [0.25, 0.3) is 5.78 Å². The van der Waals surface area contributed by atoms with Crippen molar-refractivity contribution < 1.29 is 41.9 Å². The van der Waals surface area contributed by atoms with E-state index < -0.39 is 66.2 Å². The molecule has 0 bridgehead atoms. The van der Waals surface area contributed by atoms with Crippen LogP contribution in [0.5, 0.6) is 0 Å². The lowest BCUT2D eigenvalue weighted by molar-refractivity contribution is -0.174. The quantitative estimate of drug-likeness (QED) is 0.363. The molecule has 0 aliphatic carbocycles. The van der Waals surface area contributed by atoms with E-state index in [-0.39, 0.29) is 26.0 Å². The van der Waals surface area contributed by atoms with E-state index in [0.717, 1.165) is 10.5 Å². The second-order valence-electron chi connectivity index (χ2n) is 8.71. The van der Waals surface area contributed by atoms with Gasteiger partial charge in [0, 0.05) is 6.54 Å². The molecule has 1 heterocycles. The summed E-state index contributed by atoms with van der Waals surface area (Å²) in [4.78, 5) is 62.6. The summed E-state index contributed by atoms with van der Waals surface area (Å²) in [5.41, 5.74) is 6.53. The molecule has 4 atom stereocenters. The van der Waals surface area contributed by atoms with E-state index in [9.17, 15) is 37.1 Å². The topological polar surface area (TPSA) is 148 Å². The number of Topliss-reactive ketones (excluding diaryl/α,β-unsaturated/α-hetero) is 1. The summed E-state index contributed by atoms with van der Waals surface area (Å²) in [6.45, 7) is 2.83. The normalized spacial score (nSPS) is 17.9. The Morgan fingerprint density at radius 3 is 2.38 bits per heavy atom. The fraction of sp³-hybridized carbons (Fsp3) is 0.542. The van der Waals surface area contributed by atoms with Gasteiger partial charge in [-0.15, -0.1) is 0 Å². The number of nitrogens with zero attached hydrogens (tertiary/aromatic N) is 1. The number of benzene rings is 1. The first-order chi connectivity index (χ1) is 17.3.